The lowest BCUT2D eigenvalue weighted by molar-refractivity contribution is -0.120. The Morgan fingerprint density at radius 2 is 1.61 bits per heavy atom. The molecule has 3 rings (SSSR count). The third-order valence-electron chi connectivity index (χ3n) is 3.88. The van der Waals surface area contributed by atoms with E-state index in [9.17, 15) is 9.18 Å². The predicted molar refractivity (Wildman–Crippen MR) is 111 cm³/mol. The van der Waals surface area contributed by atoms with Gasteiger partial charge in [0.15, 0.2) is 0 Å². The van der Waals surface area contributed by atoms with Crippen LogP contribution in [-0.4, -0.2) is 12.1 Å². The zero-order valence-corrected chi connectivity index (χ0v) is 16.5. The number of nitrogens with one attached hydrogen (secondary N) is 1. The van der Waals surface area contributed by atoms with Crippen molar-refractivity contribution in [3.05, 3.63) is 99.8 Å². The summed E-state index contributed by atoms with van der Waals surface area (Å²) in [6.07, 6.45) is 1.84. The summed E-state index contributed by atoms with van der Waals surface area (Å²) < 4.78 is 19.5. The first-order valence-corrected chi connectivity index (χ1v) is 9.41. The van der Waals surface area contributed by atoms with Gasteiger partial charge in [0.05, 0.1) is 12.6 Å². The summed E-state index contributed by atoms with van der Waals surface area (Å²) in [6, 6.07) is 21.1. The first kappa shape index (κ1) is 19.8. The summed E-state index contributed by atoms with van der Waals surface area (Å²) in [5, 5.41) is 3.98. The SMILES string of the molecule is O=C(Cc1ccc(Br)cc1)N/N=C\c1ccc(OCc2ccc(F)cc2)cc1. The number of amides is 1. The highest BCUT2D eigenvalue weighted by Gasteiger charge is 2.02. The van der Waals surface area contributed by atoms with E-state index in [1.807, 2.05) is 48.5 Å². The van der Waals surface area contributed by atoms with Crippen LogP contribution in [0, 0.1) is 5.82 Å². The molecule has 3 aromatic rings. The number of hydrazone groups is 1. The average molecular weight is 441 g/mol. The molecule has 0 fully saturated rings. The fourth-order valence-corrected chi connectivity index (χ4v) is 2.67. The van der Waals surface area contributed by atoms with Crippen LogP contribution in [0.15, 0.2) is 82.4 Å². The highest BCUT2D eigenvalue weighted by atomic mass is 79.9. The highest BCUT2D eigenvalue weighted by molar-refractivity contribution is 9.10. The predicted octanol–water partition coefficient (Wildman–Crippen LogP) is 4.86. The van der Waals surface area contributed by atoms with Gasteiger partial charge in [0, 0.05) is 4.47 Å². The molecule has 6 heteroatoms. The standard InChI is InChI=1S/C22H18BrFN2O2/c23-19-7-1-16(2-8-19)13-22(27)26-25-14-17-5-11-21(12-6-17)28-15-18-3-9-20(24)10-4-18/h1-12,14H,13,15H2,(H,26,27)/b25-14-. The minimum Gasteiger partial charge on any atom is -0.489 e. The Kier molecular flexibility index (Phi) is 6.92. The lowest BCUT2D eigenvalue weighted by atomic mass is 10.1. The molecule has 0 unspecified atom stereocenters. The van der Waals surface area contributed by atoms with Crippen molar-refractivity contribution >= 4 is 28.1 Å². The number of carbonyl (C=O) groups is 1. The second-order valence-electron chi connectivity index (χ2n) is 6.08. The second-order valence-corrected chi connectivity index (χ2v) is 7.00. The van der Waals surface area contributed by atoms with Gasteiger partial charge in [-0.25, -0.2) is 9.82 Å². The lowest BCUT2D eigenvalue weighted by Gasteiger charge is -2.06. The smallest absolute Gasteiger partial charge is 0.244 e. The minimum absolute atomic E-state index is 0.183. The number of benzene rings is 3. The highest BCUT2D eigenvalue weighted by Crippen LogP contribution is 2.14. The summed E-state index contributed by atoms with van der Waals surface area (Å²) in [5.74, 6) is 0.245. The third-order valence-corrected chi connectivity index (χ3v) is 4.41. The number of nitrogens with zero attached hydrogens (tertiary/aromatic N) is 1. The number of ether oxygens (including phenoxy) is 1. The van der Waals surface area contributed by atoms with Crippen molar-refractivity contribution in [2.75, 3.05) is 0 Å². The summed E-state index contributed by atoms with van der Waals surface area (Å²) >= 11 is 3.36. The Hall–Kier alpha value is -2.99. The van der Waals surface area contributed by atoms with E-state index in [1.54, 1.807) is 18.3 Å². The number of halogens is 2. The molecule has 0 aliphatic carbocycles. The number of rotatable bonds is 7. The Labute approximate surface area is 171 Å². The third kappa shape index (κ3) is 6.32. The largest absolute Gasteiger partial charge is 0.489 e. The summed E-state index contributed by atoms with van der Waals surface area (Å²) in [4.78, 5) is 11.9. The molecule has 142 valence electrons. The van der Waals surface area contributed by atoms with Crippen LogP contribution in [0.5, 0.6) is 5.75 Å². The quantitative estimate of drug-likeness (QED) is 0.421. The molecular weight excluding hydrogens is 423 g/mol. The molecule has 0 atom stereocenters. The van der Waals surface area contributed by atoms with E-state index in [-0.39, 0.29) is 18.1 Å². The molecule has 0 aliphatic heterocycles. The second kappa shape index (κ2) is 9.80. The van der Waals surface area contributed by atoms with Crippen LogP contribution in [0.3, 0.4) is 0 Å². The Morgan fingerprint density at radius 3 is 2.29 bits per heavy atom. The summed E-state index contributed by atoms with van der Waals surface area (Å²) in [7, 11) is 0. The first-order chi connectivity index (χ1) is 13.6. The summed E-state index contributed by atoms with van der Waals surface area (Å²) in [5.41, 5.74) is 5.15. The molecule has 1 N–H and O–H groups in total. The van der Waals surface area contributed by atoms with Gasteiger partial charge in [-0.15, -0.1) is 0 Å². The van der Waals surface area contributed by atoms with Crippen LogP contribution in [0.1, 0.15) is 16.7 Å². The number of carbonyl (C=O) groups excluding carboxylic acids is 1. The molecule has 0 radical (unpaired) electrons. The fraction of sp³-hybridized carbons (Fsp3) is 0.0909. The van der Waals surface area contributed by atoms with Crippen molar-refractivity contribution in [2.45, 2.75) is 13.0 Å². The lowest BCUT2D eigenvalue weighted by Crippen LogP contribution is -2.19. The Balaban J connectivity index is 1.45. The zero-order chi connectivity index (χ0) is 19.8. The van der Waals surface area contributed by atoms with E-state index < -0.39 is 0 Å². The van der Waals surface area contributed by atoms with Crippen molar-refractivity contribution in [1.82, 2.24) is 5.43 Å². The molecule has 0 bridgehead atoms. The van der Waals surface area contributed by atoms with Gasteiger partial charge in [-0.1, -0.05) is 40.2 Å². The van der Waals surface area contributed by atoms with Crippen molar-refractivity contribution in [2.24, 2.45) is 5.10 Å². The molecule has 0 saturated heterocycles. The molecule has 0 aromatic heterocycles. The normalized spacial score (nSPS) is 10.8. The molecule has 0 saturated carbocycles. The maximum absolute atomic E-state index is 12.9. The van der Waals surface area contributed by atoms with E-state index in [4.69, 9.17) is 4.74 Å². The van der Waals surface area contributed by atoms with Gasteiger partial charge in [0.2, 0.25) is 5.91 Å². The van der Waals surface area contributed by atoms with E-state index in [0.29, 0.717) is 12.4 Å². The van der Waals surface area contributed by atoms with Crippen molar-refractivity contribution in [3.63, 3.8) is 0 Å². The maximum Gasteiger partial charge on any atom is 0.244 e. The zero-order valence-electron chi connectivity index (χ0n) is 14.9. The van der Waals surface area contributed by atoms with Crippen molar-refractivity contribution in [3.8, 4) is 5.75 Å². The van der Waals surface area contributed by atoms with Gasteiger partial charge < -0.3 is 4.74 Å². The minimum atomic E-state index is -0.267. The van der Waals surface area contributed by atoms with E-state index in [1.165, 1.54) is 12.1 Å². The maximum atomic E-state index is 12.9. The Bertz CT molecular complexity index is 940. The van der Waals surface area contributed by atoms with Gasteiger partial charge in [0.25, 0.3) is 0 Å². The van der Waals surface area contributed by atoms with Gasteiger partial charge in [0.1, 0.15) is 18.2 Å². The monoisotopic (exact) mass is 440 g/mol. The fourth-order valence-electron chi connectivity index (χ4n) is 2.40. The molecule has 0 spiro atoms. The van der Waals surface area contributed by atoms with Gasteiger partial charge >= 0.3 is 0 Å². The topological polar surface area (TPSA) is 50.7 Å². The molecule has 1 amide bonds. The van der Waals surface area contributed by atoms with Gasteiger partial charge in [-0.05, 0) is 65.2 Å². The molecule has 28 heavy (non-hydrogen) atoms. The van der Waals surface area contributed by atoms with Crippen LogP contribution in [0.2, 0.25) is 0 Å². The first-order valence-electron chi connectivity index (χ1n) is 8.62. The van der Waals surface area contributed by atoms with Crippen LogP contribution >= 0.6 is 15.9 Å². The van der Waals surface area contributed by atoms with Crippen LogP contribution < -0.4 is 10.2 Å². The van der Waals surface area contributed by atoms with Gasteiger partial charge in [-0.3, -0.25) is 4.79 Å². The average Bonchev–Trinajstić information content (AvgIpc) is 2.70. The molecule has 4 nitrogen and oxygen atoms in total. The molecule has 3 aromatic carbocycles. The van der Waals surface area contributed by atoms with Crippen LogP contribution in [-0.2, 0) is 17.8 Å². The molecule has 0 heterocycles. The van der Waals surface area contributed by atoms with E-state index >= 15 is 0 Å². The number of hydrogen-bond acceptors (Lipinski definition) is 3. The Morgan fingerprint density at radius 1 is 0.964 bits per heavy atom. The van der Waals surface area contributed by atoms with E-state index in [0.717, 1.165) is 21.2 Å². The molecule has 0 aliphatic rings. The van der Waals surface area contributed by atoms with Crippen molar-refractivity contribution < 1.29 is 13.9 Å². The molecular formula is C22H18BrFN2O2. The van der Waals surface area contributed by atoms with E-state index in [2.05, 4.69) is 26.5 Å². The van der Waals surface area contributed by atoms with Crippen LogP contribution in [0.25, 0.3) is 0 Å². The number of hydrogen-bond donors (Lipinski definition) is 1. The van der Waals surface area contributed by atoms with Gasteiger partial charge in [-0.2, -0.15) is 5.10 Å². The van der Waals surface area contributed by atoms with Crippen LogP contribution in [0.4, 0.5) is 4.39 Å². The summed E-state index contributed by atoms with van der Waals surface area (Å²) in [6.45, 7) is 0.361. The van der Waals surface area contributed by atoms with Crippen molar-refractivity contribution in [1.29, 1.82) is 0 Å².